The van der Waals surface area contributed by atoms with E-state index in [0.717, 1.165) is 34.3 Å². The second-order valence-electron chi connectivity index (χ2n) is 7.28. The fourth-order valence-corrected chi connectivity index (χ4v) is 3.49. The van der Waals surface area contributed by atoms with Gasteiger partial charge in [0.1, 0.15) is 30.0 Å². The topological polar surface area (TPSA) is 66.2 Å². The SMILES string of the molecule is COc1ccc(-c2nc(CN(C)C[C@H]3COc4ccccc4O3)c(C)o2)c(OC)c1. The van der Waals surface area contributed by atoms with Gasteiger partial charge in [0, 0.05) is 19.2 Å². The van der Waals surface area contributed by atoms with E-state index in [1.807, 2.05) is 56.4 Å². The summed E-state index contributed by atoms with van der Waals surface area (Å²) in [6.45, 7) is 3.79. The van der Waals surface area contributed by atoms with Gasteiger partial charge in [0.2, 0.25) is 5.89 Å². The first-order valence-electron chi connectivity index (χ1n) is 9.83. The Morgan fingerprint density at radius 3 is 2.67 bits per heavy atom. The molecular formula is C23H26N2O5. The standard InChI is InChI=1S/C23H26N2O5/c1-15-19(24-23(29-15)18-10-9-16(26-3)11-22(18)27-4)13-25(2)12-17-14-28-20-7-5-6-8-21(20)30-17/h5-11,17H,12-14H2,1-4H3/t17-/m0/s1. The van der Waals surface area contributed by atoms with Gasteiger partial charge in [-0.1, -0.05) is 12.1 Å². The number of benzene rings is 2. The summed E-state index contributed by atoms with van der Waals surface area (Å²) >= 11 is 0. The van der Waals surface area contributed by atoms with Gasteiger partial charge in [-0.05, 0) is 38.2 Å². The number of hydrogen-bond donors (Lipinski definition) is 0. The molecule has 1 aliphatic heterocycles. The van der Waals surface area contributed by atoms with E-state index < -0.39 is 0 Å². The van der Waals surface area contributed by atoms with Crippen molar-refractivity contribution in [2.75, 3.05) is 34.4 Å². The van der Waals surface area contributed by atoms with Crippen LogP contribution in [0.25, 0.3) is 11.5 Å². The lowest BCUT2D eigenvalue weighted by Crippen LogP contribution is -2.39. The minimum Gasteiger partial charge on any atom is -0.497 e. The van der Waals surface area contributed by atoms with Crippen molar-refractivity contribution in [1.29, 1.82) is 0 Å². The van der Waals surface area contributed by atoms with Crippen LogP contribution in [-0.4, -0.2) is 50.4 Å². The molecule has 0 unspecified atom stereocenters. The van der Waals surface area contributed by atoms with Gasteiger partial charge in [0.25, 0.3) is 0 Å². The first-order valence-corrected chi connectivity index (χ1v) is 9.83. The third-order valence-corrected chi connectivity index (χ3v) is 5.03. The van der Waals surface area contributed by atoms with Crippen LogP contribution >= 0.6 is 0 Å². The molecule has 3 aromatic rings. The molecule has 0 radical (unpaired) electrons. The average Bonchev–Trinajstić information content (AvgIpc) is 3.12. The van der Waals surface area contributed by atoms with Crippen molar-refractivity contribution < 1.29 is 23.4 Å². The molecule has 2 heterocycles. The van der Waals surface area contributed by atoms with Crippen molar-refractivity contribution in [3.05, 3.63) is 53.9 Å². The molecule has 0 bridgehead atoms. The molecule has 1 atom stereocenters. The lowest BCUT2D eigenvalue weighted by Gasteiger charge is -2.29. The van der Waals surface area contributed by atoms with Crippen molar-refractivity contribution in [3.63, 3.8) is 0 Å². The van der Waals surface area contributed by atoms with Gasteiger partial charge in [-0.2, -0.15) is 0 Å². The molecule has 0 spiro atoms. The van der Waals surface area contributed by atoms with Gasteiger partial charge in [0.05, 0.1) is 25.5 Å². The molecule has 2 aromatic carbocycles. The number of fused-ring (bicyclic) bond motifs is 1. The van der Waals surface area contributed by atoms with Gasteiger partial charge in [-0.3, -0.25) is 4.90 Å². The van der Waals surface area contributed by atoms with E-state index in [4.69, 9.17) is 28.3 Å². The highest BCUT2D eigenvalue weighted by Crippen LogP contribution is 2.34. The Balaban J connectivity index is 1.44. The van der Waals surface area contributed by atoms with Crippen LogP contribution in [0, 0.1) is 6.92 Å². The highest BCUT2D eigenvalue weighted by atomic mass is 16.6. The van der Waals surface area contributed by atoms with Crippen molar-refractivity contribution in [2.45, 2.75) is 19.6 Å². The van der Waals surface area contributed by atoms with Gasteiger partial charge in [-0.25, -0.2) is 4.98 Å². The fraction of sp³-hybridized carbons (Fsp3) is 0.348. The molecule has 7 nitrogen and oxygen atoms in total. The Labute approximate surface area is 176 Å². The fourth-order valence-electron chi connectivity index (χ4n) is 3.49. The normalized spacial score (nSPS) is 15.3. The van der Waals surface area contributed by atoms with Crippen molar-refractivity contribution in [2.24, 2.45) is 0 Å². The number of nitrogens with zero attached hydrogens (tertiary/aromatic N) is 2. The van der Waals surface area contributed by atoms with E-state index in [9.17, 15) is 0 Å². The summed E-state index contributed by atoms with van der Waals surface area (Å²) < 4.78 is 28.5. The maximum absolute atomic E-state index is 6.06. The minimum atomic E-state index is -0.0433. The van der Waals surface area contributed by atoms with Crippen molar-refractivity contribution in [1.82, 2.24) is 9.88 Å². The Hall–Kier alpha value is -3.19. The van der Waals surface area contributed by atoms with Gasteiger partial charge < -0.3 is 23.4 Å². The summed E-state index contributed by atoms with van der Waals surface area (Å²) in [6, 6.07) is 13.3. The monoisotopic (exact) mass is 410 g/mol. The van der Waals surface area contributed by atoms with E-state index in [2.05, 4.69) is 4.90 Å². The first kappa shape index (κ1) is 20.1. The van der Waals surface area contributed by atoms with Crippen LogP contribution in [0.1, 0.15) is 11.5 Å². The molecule has 4 rings (SSSR count). The molecule has 158 valence electrons. The third-order valence-electron chi connectivity index (χ3n) is 5.03. The van der Waals surface area contributed by atoms with E-state index in [-0.39, 0.29) is 6.10 Å². The second kappa shape index (κ2) is 8.67. The summed E-state index contributed by atoms with van der Waals surface area (Å²) in [5.74, 6) is 4.26. The summed E-state index contributed by atoms with van der Waals surface area (Å²) in [4.78, 5) is 6.87. The van der Waals surface area contributed by atoms with Crippen LogP contribution in [-0.2, 0) is 6.54 Å². The first-order chi connectivity index (χ1) is 14.6. The molecule has 0 saturated heterocycles. The lowest BCUT2D eigenvalue weighted by atomic mass is 10.2. The van der Waals surface area contributed by atoms with Crippen LogP contribution in [0.4, 0.5) is 0 Å². The Morgan fingerprint density at radius 2 is 1.90 bits per heavy atom. The van der Waals surface area contributed by atoms with E-state index >= 15 is 0 Å². The number of likely N-dealkylation sites (N-methyl/N-ethyl adjacent to an activating group) is 1. The summed E-state index contributed by atoms with van der Waals surface area (Å²) in [5, 5.41) is 0. The third kappa shape index (κ3) is 4.21. The summed E-state index contributed by atoms with van der Waals surface area (Å²) in [5.41, 5.74) is 1.67. The highest BCUT2D eigenvalue weighted by molar-refractivity contribution is 5.65. The molecule has 1 aliphatic rings. The van der Waals surface area contributed by atoms with Gasteiger partial charge in [-0.15, -0.1) is 0 Å². The smallest absolute Gasteiger partial charge is 0.230 e. The molecule has 1 aromatic heterocycles. The zero-order valence-corrected chi connectivity index (χ0v) is 17.7. The molecule has 7 heteroatoms. The number of methoxy groups -OCH3 is 2. The van der Waals surface area contributed by atoms with E-state index in [1.165, 1.54) is 0 Å². The zero-order valence-electron chi connectivity index (χ0n) is 17.7. The van der Waals surface area contributed by atoms with Crippen LogP contribution in [0.15, 0.2) is 46.9 Å². The van der Waals surface area contributed by atoms with Crippen molar-refractivity contribution >= 4 is 0 Å². The summed E-state index contributed by atoms with van der Waals surface area (Å²) in [7, 11) is 5.27. The predicted octanol–water partition coefficient (Wildman–Crippen LogP) is 3.94. The summed E-state index contributed by atoms with van der Waals surface area (Å²) in [6.07, 6.45) is -0.0433. The zero-order chi connectivity index (χ0) is 21.1. The predicted molar refractivity (Wildman–Crippen MR) is 112 cm³/mol. The van der Waals surface area contributed by atoms with E-state index in [0.29, 0.717) is 31.3 Å². The highest BCUT2D eigenvalue weighted by Gasteiger charge is 2.23. The maximum atomic E-state index is 6.06. The Morgan fingerprint density at radius 1 is 1.10 bits per heavy atom. The quantitative estimate of drug-likeness (QED) is 0.584. The second-order valence-corrected chi connectivity index (χ2v) is 7.28. The van der Waals surface area contributed by atoms with Crippen molar-refractivity contribution in [3.8, 4) is 34.5 Å². The minimum absolute atomic E-state index is 0.0433. The van der Waals surface area contributed by atoms with Crippen LogP contribution in [0.3, 0.4) is 0 Å². The number of aryl methyl sites for hydroxylation is 1. The molecular weight excluding hydrogens is 384 g/mol. The molecule has 0 saturated carbocycles. The number of rotatable bonds is 7. The Bertz CT molecular complexity index is 1020. The van der Waals surface area contributed by atoms with Crippen LogP contribution < -0.4 is 18.9 Å². The average molecular weight is 410 g/mol. The number of aromatic nitrogens is 1. The van der Waals surface area contributed by atoms with Gasteiger partial charge >= 0.3 is 0 Å². The molecule has 0 amide bonds. The Kier molecular flexibility index (Phi) is 5.81. The van der Waals surface area contributed by atoms with Crippen LogP contribution in [0.2, 0.25) is 0 Å². The van der Waals surface area contributed by atoms with Gasteiger partial charge in [0.15, 0.2) is 11.5 Å². The molecule has 0 N–H and O–H groups in total. The number of oxazole rings is 1. The largest absolute Gasteiger partial charge is 0.497 e. The molecule has 0 aliphatic carbocycles. The van der Waals surface area contributed by atoms with Crippen LogP contribution in [0.5, 0.6) is 23.0 Å². The molecule has 30 heavy (non-hydrogen) atoms. The number of hydrogen-bond acceptors (Lipinski definition) is 7. The number of para-hydroxylation sites is 2. The molecule has 0 fully saturated rings. The maximum Gasteiger partial charge on any atom is 0.230 e. The van der Waals surface area contributed by atoms with E-state index in [1.54, 1.807) is 14.2 Å². The number of ether oxygens (including phenoxy) is 4. The lowest BCUT2D eigenvalue weighted by molar-refractivity contribution is 0.0634.